The van der Waals surface area contributed by atoms with Gasteiger partial charge in [-0.25, -0.2) is 0 Å². The van der Waals surface area contributed by atoms with Crippen molar-refractivity contribution in [3.63, 3.8) is 0 Å². The van der Waals surface area contributed by atoms with E-state index in [1.165, 1.54) is 0 Å². The highest BCUT2D eigenvalue weighted by Crippen LogP contribution is 2.31. The molecular formula is C15H21N5O2. The van der Waals surface area contributed by atoms with Crippen molar-refractivity contribution in [3.05, 3.63) is 36.3 Å². The number of hydrogen-bond donors (Lipinski definition) is 3. The standard InChI is InChI=1S/C15H21N5O2/c1-9(14(16)21)20-4-3-13-12(15(20)22)5-10(6-17-13)11-7-18-19(2)8-11/h3-9,12-15,21-22H,16H2,1-2H3. The van der Waals surface area contributed by atoms with Crippen LogP contribution in [0.2, 0.25) is 0 Å². The third-order valence-corrected chi connectivity index (χ3v) is 4.26. The number of nitrogens with two attached hydrogens (primary N) is 1. The summed E-state index contributed by atoms with van der Waals surface area (Å²) < 4.78 is 1.73. The van der Waals surface area contributed by atoms with Crippen LogP contribution in [-0.4, -0.2) is 55.6 Å². The number of rotatable bonds is 3. The molecule has 0 amide bonds. The minimum absolute atomic E-state index is 0.103. The van der Waals surface area contributed by atoms with Gasteiger partial charge in [0.05, 0.1) is 18.3 Å². The zero-order chi connectivity index (χ0) is 15.9. The molecule has 1 aromatic rings. The minimum Gasteiger partial charge on any atom is -0.377 e. The monoisotopic (exact) mass is 303 g/mol. The highest BCUT2D eigenvalue weighted by atomic mass is 16.3. The molecule has 1 aromatic heterocycles. The number of nitrogens with zero attached hydrogens (tertiary/aromatic N) is 4. The van der Waals surface area contributed by atoms with Gasteiger partial charge in [-0.2, -0.15) is 5.10 Å². The van der Waals surface area contributed by atoms with Gasteiger partial charge >= 0.3 is 0 Å². The number of aryl methyl sites for hydroxylation is 1. The van der Waals surface area contributed by atoms with Crippen LogP contribution in [0.3, 0.4) is 0 Å². The van der Waals surface area contributed by atoms with E-state index in [2.05, 4.69) is 10.1 Å². The van der Waals surface area contributed by atoms with Gasteiger partial charge in [-0.1, -0.05) is 6.08 Å². The maximum absolute atomic E-state index is 10.6. The Labute approximate surface area is 129 Å². The number of aliphatic hydroxyl groups is 2. The number of aromatic nitrogens is 2. The molecule has 0 radical (unpaired) electrons. The molecule has 0 saturated heterocycles. The lowest BCUT2D eigenvalue weighted by molar-refractivity contribution is -0.0553. The molecule has 22 heavy (non-hydrogen) atoms. The van der Waals surface area contributed by atoms with E-state index >= 15 is 0 Å². The molecule has 4 N–H and O–H groups in total. The Morgan fingerprint density at radius 3 is 2.82 bits per heavy atom. The van der Waals surface area contributed by atoms with E-state index in [0.29, 0.717) is 0 Å². The van der Waals surface area contributed by atoms with Crippen LogP contribution in [0.25, 0.3) is 5.57 Å². The van der Waals surface area contributed by atoms with E-state index in [1.54, 1.807) is 28.9 Å². The maximum atomic E-state index is 10.6. The average Bonchev–Trinajstić information content (AvgIpc) is 2.93. The summed E-state index contributed by atoms with van der Waals surface area (Å²) in [5.41, 5.74) is 7.43. The first-order chi connectivity index (χ1) is 10.5. The second kappa shape index (κ2) is 5.68. The Bertz CT molecular complexity index is 634. The van der Waals surface area contributed by atoms with Crippen LogP contribution in [0.15, 0.2) is 35.7 Å². The quantitative estimate of drug-likeness (QED) is 0.665. The van der Waals surface area contributed by atoms with Crippen molar-refractivity contribution < 1.29 is 10.2 Å². The van der Waals surface area contributed by atoms with E-state index in [0.717, 1.165) is 11.1 Å². The molecule has 7 nitrogen and oxygen atoms in total. The lowest BCUT2D eigenvalue weighted by Gasteiger charge is -2.42. The molecule has 7 heteroatoms. The summed E-state index contributed by atoms with van der Waals surface area (Å²) in [5, 5.41) is 24.3. The van der Waals surface area contributed by atoms with Crippen molar-refractivity contribution in [1.29, 1.82) is 0 Å². The number of aliphatic imine (C=N–C) groups is 1. The lowest BCUT2D eigenvalue weighted by atomic mass is 9.88. The fourth-order valence-corrected chi connectivity index (χ4v) is 2.82. The topological polar surface area (TPSA) is 99.9 Å². The highest BCUT2D eigenvalue weighted by molar-refractivity contribution is 6.10. The molecule has 3 rings (SSSR count). The largest absolute Gasteiger partial charge is 0.377 e. The van der Waals surface area contributed by atoms with Gasteiger partial charge in [-0.05, 0) is 18.6 Å². The predicted molar refractivity (Wildman–Crippen MR) is 83.6 cm³/mol. The van der Waals surface area contributed by atoms with Crippen molar-refractivity contribution in [2.45, 2.75) is 31.5 Å². The summed E-state index contributed by atoms with van der Waals surface area (Å²) in [6.07, 6.45) is 9.37. The Morgan fingerprint density at radius 2 is 2.18 bits per heavy atom. The number of fused-ring (bicyclic) bond motifs is 1. The van der Waals surface area contributed by atoms with Crippen LogP contribution in [0.1, 0.15) is 12.5 Å². The molecular weight excluding hydrogens is 282 g/mol. The minimum atomic E-state index is -1.02. The lowest BCUT2D eigenvalue weighted by Crippen LogP contribution is -2.53. The van der Waals surface area contributed by atoms with Gasteiger partial charge in [0, 0.05) is 37.1 Å². The summed E-state index contributed by atoms with van der Waals surface area (Å²) in [7, 11) is 1.86. The van der Waals surface area contributed by atoms with Gasteiger partial charge in [0.1, 0.15) is 12.5 Å². The third-order valence-electron chi connectivity index (χ3n) is 4.26. The summed E-state index contributed by atoms with van der Waals surface area (Å²) in [6.45, 7) is 1.77. The van der Waals surface area contributed by atoms with Gasteiger partial charge in [-0.3, -0.25) is 9.67 Å². The molecule has 0 saturated carbocycles. The summed E-state index contributed by atoms with van der Waals surface area (Å²) in [4.78, 5) is 6.18. The Kier molecular flexibility index (Phi) is 3.86. The predicted octanol–water partition coefficient (Wildman–Crippen LogP) is -0.314. The first-order valence-corrected chi connectivity index (χ1v) is 7.29. The first-order valence-electron chi connectivity index (χ1n) is 7.29. The van der Waals surface area contributed by atoms with Crippen LogP contribution in [-0.2, 0) is 7.05 Å². The van der Waals surface area contributed by atoms with Gasteiger partial charge in [0.2, 0.25) is 0 Å². The van der Waals surface area contributed by atoms with Crippen molar-refractivity contribution >= 4 is 11.8 Å². The Hall–Kier alpha value is -1.96. The fraction of sp³-hybridized carbons (Fsp3) is 0.467. The van der Waals surface area contributed by atoms with Crippen LogP contribution in [0.5, 0.6) is 0 Å². The zero-order valence-corrected chi connectivity index (χ0v) is 12.6. The van der Waals surface area contributed by atoms with E-state index in [4.69, 9.17) is 5.73 Å². The molecule has 0 spiro atoms. The van der Waals surface area contributed by atoms with Crippen LogP contribution in [0, 0.1) is 5.92 Å². The maximum Gasteiger partial charge on any atom is 0.135 e. The molecule has 0 fully saturated rings. The van der Waals surface area contributed by atoms with Gasteiger partial charge in [0.25, 0.3) is 0 Å². The van der Waals surface area contributed by atoms with Crippen molar-refractivity contribution in [3.8, 4) is 0 Å². The fourth-order valence-electron chi connectivity index (χ4n) is 2.82. The number of allylic oxidation sites excluding steroid dienone is 1. The summed E-state index contributed by atoms with van der Waals surface area (Å²) in [5.74, 6) is -0.189. The Balaban J connectivity index is 1.88. The normalized spacial score (nSPS) is 30.0. The Morgan fingerprint density at radius 1 is 1.41 bits per heavy atom. The summed E-state index contributed by atoms with van der Waals surface area (Å²) >= 11 is 0. The molecule has 5 atom stereocenters. The molecule has 2 aliphatic rings. The van der Waals surface area contributed by atoms with E-state index in [1.807, 2.05) is 31.6 Å². The van der Waals surface area contributed by atoms with E-state index < -0.39 is 12.5 Å². The molecule has 0 aliphatic carbocycles. The van der Waals surface area contributed by atoms with Crippen LogP contribution in [0.4, 0.5) is 0 Å². The van der Waals surface area contributed by atoms with Crippen LogP contribution >= 0.6 is 0 Å². The van der Waals surface area contributed by atoms with Crippen molar-refractivity contribution in [1.82, 2.24) is 14.7 Å². The van der Waals surface area contributed by atoms with E-state index in [-0.39, 0.29) is 18.0 Å². The molecule has 2 aliphatic heterocycles. The second-order valence-corrected chi connectivity index (χ2v) is 5.80. The average molecular weight is 303 g/mol. The van der Waals surface area contributed by atoms with Crippen LogP contribution < -0.4 is 5.73 Å². The van der Waals surface area contributed by atoms with Gasteiger partial charge in [0.15, 0.2) is 0 Å². The second-order valence-electron chi connectivity index (χ2n) is 5.80. The number of hydrogen-bond acceptors (Lipinski definition) is 6. The van der Waals surface area contributed by atoms with Crippen molar-refractivity contribution in [2.24, 2.45) is 23.7 Å². The SMILES string of the molecule is CC(C(N)O)N1C=CC2N=CC(c3cnn(C)c3)=CC2C1O. The molecule has 118 valence electrons. The van der Waals surface area contributed by atoms with Gasteiger partial charge < -0.3 is 20.8 Å². The summed E-state index contributed by atoms with van der Waals surface area (Å²) in [6, 6.07) is -0.484. The molecule has 5 unspecified atom stereocenters. The van der Waals surface area contributed by atoms with E-state index in [9.17, 15) is 10.2 Å². The first kappa shape index (κ1) is 15.0. The molecule has 0 bridgehead atoms. The highest BCUT2D eigenvalue weighted by Gasteiger charge is 2.36. The van der Waals surface area contributed by atoms with Gasteiger partial charge in [-0.15, -0.1) is 0 Å². The third kappa shape index (κ3) is 2.58. The molecule has 3 heterocycles. The smallest absolute Gasteiger partial charge is 0.135 e. The zero-order valence-electron chi connectivity index (χ0n) is 12.6. The number of dihydropyridines is 1. The molecule has 0 aromatic carbocycles. The number of aliphatic hydroxyl groups excluding tert-OH is 2. The van der Waals surface area contributed by atoms with Crippen molar-refractivity contribution in [2.75, 3.05) is 0 Å².